The first-order valence-electron chi connectivity index (χ1n) is 10.8. The van der Waals surface area contributed by atoms with E-state index in [1.807, 2.05) is 67.5 Å². The Morgan fingerprint density at radius 2 is 1.79 bits per heavy atom. The van der Waals surface area contributed by atoms with Crippen LogP contribution in [0, 0.1) is 0 Å². The van der Waals surface area contributed by atoms with Crippen LogP contribution >= 0.6 is 11.8 Å². The Bertz CT molecular complexity index is 1160. The highest BCUT2D eigenvalue weighted by Gasteiger charge is 2.41. The molecule has 3 aromatic rings. The maximum absolute atomic E-state index is 13.9. The number of rotatable bonds is 6. The lowest BCUT2D eigenvalue weighted by Crippen LogP contribution is -2.45. The average Bonchev–Trinajstić information content (AvgIpc) is 2.92. The number of ether oxygens (including phenoxy) is 2. The summed E-state index contributed by atoms with van der Waals surface area (Å²) < 4.78 is 11.0. The minimum atomic E-state index is -0.950. The predicted molar refractivity (Wildman–Crippen MR) is 132 cm³/mol. The molecule has 0 bridgehead atoms. The number of amides is 1. The number of hydrogen-bond acceptors (Lipinski definition) is 6. The summed E-state index contributed by atoms with van der Waals surface area (Å²) >= 11 is 1.57. The molecule has 33 heavy (non-hydrogen) atoms. The Hall–Kier alpha value is -3.03. The van der Waals surface area contributed by atoms with Gasteiger partial charge >= 0.3 is 5.97 Å². The van der Waals surface area contributed by atoms with Crippen molar-refractivity contribution < 1.29 is 19.1 Å². The SMILES string of the molecule is COc1ccc([C@@H]2Sc3c(ccc4ccccc34)N(CCN(C)C)C(=O)[C@@H]2OC(C)=O)cc1. The lowest BCUT2D eigenvalue weighted by molar-refractivity contribution is -0.152. The molecule has 0 aliphatic carbocycles. The third-order valence-electron chi connectivity index (χ3n) is 5.69. The third-order valence-corrected chi connectivity index (χ3v) is 7.12. The summed E-state index contributed by atoms with van der Waals surface area (Å²) in [4.78, 5) is 30.8. The number of methoxy groups -OCH3 is 1. The van der Waals surface area contributed by atoms with Gasteiger partial charge in [0, 0.05) is 24.9 Å². The zero-order valence-electron chi connectivity index (χ0n) is 19.3. The van der Waals surface area contributed by atoms with E-state index in [1.54, 1.807) is 23.8 Å². The van der Waals surface area contributed by atoms with Crippen LogP contribution in [0.15, 0.2) is 65.6 Å². The normalized spacial score (nSPS) is 18.2. The lowest BCUT2D eigenvalue weighted by Gasteiger charge is -2.28. The molecule has 0 unspecified atom stereocenters. The first-order valence-corrected chi connectivity index (χ1v) is 11.7. The van der Waals surface area contributed by atoms with Crippen molar-refractivity contribution in [1.82, 2.24) is 4.90 Å². The van der Waals surface area contributed by atoms with Crippen LogP contribution in [0.3, 0.4) is 0 Å². The number of likely N-dealkylation sites (N-methyl/N-ethyl adjacent to an activating group) is 1. The van der Waals surface area contributed by atoms with Crippen molar-refractivity contribution >= 4 is 40.1 Å². The maximum atomic E-state index is 13.9. The van der Waals surface area contributed by atoms with E-state index in [0.717, 1.165) is 32.7 Å². The molecule has 3 aromatic carbocycles. The summed E-state index contributed by atoms with van der Waals surface area (Å²) in [6.07, 6.45) is -0.950. The van der Waals surface area contributed by atoms with Crippen molar-refractivity contribution in [1.29, 1.82) is 0 Å². The molecular weight excluding hydrogens is 436 g/mol. The average molecular weight is 465 g/mol. The molecule has 1 heterocycles. The van der Waals surface area contributed by atoms with Gasteiger partial charge in [0.05, 0.1) is 18.0 Å². The fourth-order valence-corrected chi connectivity index (χ4v) is 5.47. The molecule has 7 heteroatoms. The van der Waals surface area contributed by atoms with Gasteiger partial charge in [-0.25, -0.2) is 0 Å². The fourth-order valence-electron chi connectivity index (χ4n) is 4.02. The molecular formula is C26H28N2O4S. The second kappa shape index (κ2) is 9.85. The van der Waals surface area contributed by atoms with Gasteiger partial charge in [-0.3, -0.25) is 9.59 Å². The van der Waals surface area contributed by atoms with Gasteiger partial charge in [-0.05, 0) is 48.6 Å². The van der Waals surface area contributed by atoms with Crippen LogP contribution in [0.1, 0.15) is 17.7 Å². The van der Waals surface area contributed by atoms with Gasteiger partial charge in [-0.2, -0.15) is 0 Å². The van der Waals surface area contributed by atoms with Crippen LogP contribution in [0.2, 0.25) is 0 Å². The third kappa shape index (κ3) is 4.84. The van der Waals surface area contributed by atoms with E-state index >= 15 is 0 Å². The summed E-state index contributed by atoms with van der Waals surface area (Å²) in [6, 6.07) is 19.8. The Morgan fingerprint density at radius 3 is 2.45 bits per heavy atom. The molecule has 0 saturated carbocycles. The molecule has 1 amide bonds. The maximum Gasteiger partial charge on any atom is 0.303 e. The van der Waals surface area contributed by atoms with Crippen LogP contribution in [-0.2, 0) is 14.3 Å². The van der Waals surface area contributed by atoms with Gasteiger partial charge in [0.2, 0.25) is 0 Å². The van der Waals surface area contributed by atoms with E-state index in [1.165, 1.54) is 6.92 Å². The number of esters is 1. The molecule has 0 radical (unpaired) electrons. The first-order chi connectivity index (χ1) is 15.9. The van der Waals surface area contributed by atoms with E-state index < -0.39 is 17.3 Å². The summed E-state index contributed by atoms with van der Waals surface area (Å²) in [6.45, 7) is 2.52. The van der Waals surface area contributed by atoms with Crippen LogP contribution < -0.4 is 9.64 Å². The zero-order chi connectivity index (χ0) is 23.5. The van der Waals surface area contributed by atoms with Gasteiger partial charge in [0.1, 0.15) is 5.75 Å². The smallest absolute Gasteiger partial charge is 0.303 e. The van der Waals surface area contributed by atoms with Gasteiger partial charge in [-0.15, -0.1) is 11.8 Å². The lowest BCUT2D eigenvalue weighted by atomic mass is 10.0. The minimum Gasteiger partial charge on any atom is -0.497 e. The molecule has 1 aliphatic rings. The molecule has 0 N–H and O–H groups in total. The largest absolute Gasteiger partial charge is 0.497 e. The van der Waals surface area contributed by atoms with Crippen LogP contribution in [-0.4, -0.2) is 57.2 Å². The quantitative estimate of drug-likeness (QED) is 0.500. The summed E-state index contributed by atoms with van der Waals surface area (Å²) in [7, 11) is 5.57. The highest BCUT2D eigenvalue weighted by molar-refractivity contribution is 8.00. The van der Waals surface area contributed by atoms with Crippen LogP contribution in [0.5, 0.6) is 5.75 Å². The Balaban J connectivity index is 1.89. The van der Waals surface area contributed by atoms with Crippen LogP contribution in [0.4, 0.5) is 5.69 Å². The van der Waals surface area contributed by atoms with E-state index in [-0.39, 0.29) is 5.91 Å². The second-order valence-corrected chi connectivity index (χ2v) is 9.42. The number of carbonyl (C=O) groups excluding carboxylic acids is 2. The molecule has 4 rings (SSSR count). The Labute approximate surface area is 198 Å². The predicted octanol–water partition coefficient (Wildman–Crippen LogP) is 4.52. The van der Waals surface area contributed by atoms with Crippen molar-refractivity contribution in [2.45, 2.75) is 23.2 Å². The van der Waals surface area contributed by atoms with Crippen molar-refractivity contribution in [2.24, 2.45) is 0 Å². The van der Waals surface area contributed by atoms with Crippen molar-refractivity contribution in [3.05, 3.63) is 66.2 Å². The number of benzene rings is 3. The van der Waals surface area contributed by atoms with Gasteiger partial charge in [0.25, 0.3) is 5.91 Å². The van der Waals surface area contributed by atoms with E-state index in [4.69, 9.17) is 9.47 Å². The topological polar surface area (TPSA) is 59.1 Å². The van der Waals surface area contributed by atoms with Crippen molar-refractivity contribution in [2.75, 3.05) is 39.2 Å². The standard InChI is InChI=1S/C26H28N2O4S/c1-17(29)32-23-24(19-9-12-20(31-4)13-10-19)33-25-21-8-6-5-7-18(21)11-14-22(25)28(26(23)30)16-15-27(2)3/h5-14,23-24H,15-16H2,1-4H3/t23-,24+/m1/s1. The number of thioether (sulfide) groups is 1. The summed E-state index contributed by atoms with van der Waals surface area (Å²) in [5.41, 5.74) is 1.74. The number of carbonyl (C=O) groups is 2. The second-order valence-electron chi connectivity index (χ2n) is 8.27. The number of anilines is 1. The number of hydrogen-bond donors (Lipinski definition) is 0. The van der Waals surface area contributed by atoms with Crippen LogP contribution in [0.25, 0.3) is 10.8 Å². The van der Waals surface area contributed by atoms with Gasteiger partial charge in [-0.1, -0.05) is 42.5 Å². The molecule has 6 nitrogen and oxygen atoms in total. The monoisotopic (exact) mass is 464 g/mol. The molecule has 172 valence electrons. The van der Waals surface area contributed by atoms with E-state index in [0.29, 0.717) is 13.1 Å². The van der Waals surface area contributed by atoms with Gasteiger partial charge in [0.15, 0.2) is 6.10 Å². The van der Waals surface area contributed by atoms with Crippen molar-refractivity contribution in [3.8, 4) is 5.75 Å². The van der Waals surface area contributed by atoms with E-state index in [9.17, 15) is 9.59 Å². The molecule has 1 aliphatic heterocycles. The number of nitrogens with zero attached hydrogens (tertiary/aromatic N) is 2. The Morgan fingerprint density at radius 1 is 1.06 bits per heavy atom. The fraction of sp³-hybridized carbons (Fsp3) is 0.308. The highest BCUT2D eigenvalue weighted by Crippen LogP contribution is 2.49. The van der Waals surface area contributed by atoms with Crippen molar-refractivity contribution in [3.63, 3.8) is 0 Å². The minimum absolute atomic E-state index is 0.214. The molecule has 0 fully saturated rings. The summed E-state index contributed by atoms with van der Waals surface area (Å²) in [5.74, 6) is 0.0384. The highest BCUT2D eigenvalue weighted by atomic mass is 32.2. The number of fused-ring (bicyclic) bond motifs is 3. The molecule has 2 atom stereocenters. The van der Waals surface area contributed by atoms with E-state index in [2.05, 4.69) is 12.1 Å². The first kappa shape index (κ1) is 23.1. The molecule has 0 spiro atoms. The molecule has 0 saturated heterocycles. The Kier molecular flexibility index (Phi) is 6.91. The summed E-state index contributed by atoms with van der Waals surface area (Å²) in [5, 5.41) is 1.77. The zero-order valence-corrected chi connectivity index (χ0v) is 20.1. The van der Waals surface area contributed by atoms with Gasteiger partial charge < -0.3 is 19.3 Å². The molecule has 0 aromatic heterocycles.